The quantitative estimate of drug-likeness (QED) is 0.182. The molecule has 1 aromatic heterocycles. The van der Waals surface area contributed by atoms with Gasteiger partial charge >= 0.3 is 0 Å². The van der Waals surface area contributed by atoms with Gasteiger partial charge in [0.25, 0.3) is 0 Å². The minimum absolute atomic E-state index is 0.313. The van der Waals surface area contributed by atoms with Crippen LogP contribution in [0.3, 0.4) is 0 Å². The normalized spacial score (nSPS) is 10.8. The van der Waals surface area contributed by atoms with Crippen molar-refractivity contribution in [2.75, 3.05) is 19.1 Å². The smallest absolute Gasteiger partial charge is 0.214 e. The van der Waals surface area contributed by atoms with Crippen molar-refractivity contribution in [3.63, 3.8) is 0 Å². The van der Waals surface area contributed by atoms with Gasteiger partial charge in [-0.2, -0.15) is 5.10 Å². The van der Waals surface area contributed by atoms with Crippen LogP contribution in [0.2, 0.25) is 10.0 Å². The molecule has 0 atom stereocenters. The molecule has 2 N–H and O–H groups in total. The molecule has 0 aliphatic heterocycles. The molecule has 0 saturated carbocycles. The number of halogens is 3. The molecule has 0 fully saturated rings. The van der Waals surface area contributed by atoms with Crippen LogP contribution in [-0.2, 0) is 13.2 Å². The maximum Gasteiger partial charge on any atom is 0.214 e. The van der Waals surface area contributed by atoms with E-state index in [0.29, 0.717) is 57.6 Å². The monoisotopic (exact) mass is 608 g/mol. The van der Waals surface area contributed by atoms with Crippen LogP contribution in [0.4, 0.5) is 0 Å². The number of nitrogens with one attached hydrogen (secondary N) is 2. The first-order valence-electron chi connectivity index (χ1n) is 11.0. The van der Waals surface area contributed by atoms with E-state index >= 15 is 0 Å². The summed E-state index contributed by atoms with van der Waals surface area (Å²) < 4.78 is 20.4. The molecule has 0 aliphatic carbocycles. The molecular weight excluding hydrogens is 587 g/mol. The fourth-order valence-corrected chi connectivity index (χ4v) is 4.48. The molecule has 0 saturated heterocycles. The summed E-state index contributed by atoms with van der Waals surface area (Å²) in [6.45, 7) is 3.16. The average molecular weight is 610 g/mol. The van der Waals surface area contributed by atoms with Gasteiger partial charge in [-0.25, -0.2) is 9.77 Å². The zero-order chi connectivity index (χ0) is 25.7. The standard InChI is InChI=1S/C25H23BrCl2N4O3S/c1-3-34-22-11-16(18(26)12-23(22)35-14-15-8-9-19(27)20(28)10-15)13-29-32-24(30-31-25(32)36)17-6-4-5-7-21(17)33-2/h4-12,29H,3,13-14H2,1-2H3,(H,31,36). The van der Waals surface area contributed by atoms with E-state index in [0.717, 1.165) is 21.2 Å². The molecule has 0 aliphatic rings. The van der Waals surface area contributed by atoms with E-state index in [1.807, 2.05) is 49.4 Å². The summed E-state index contributed by atoms with van der Waals surface area (Å²) in [6.07, 6.45) is 0. The van der Waals surface area contributed by atoms with Crippen molar-refractivity contribution in [2.45, 2.75) is 20.1 Å². The van der Waals surface area contributed by atoms with Crippen molar-refractivity contribution in [1.29, 1.82) is 0 Å². The van der Waals surface area contributed by atoms with E-state index < -0.39 is 0 Å². The van der Waals surface area contributed by atoms with Crippen LogP contribution in [0.25, 0.3) is 11.4 Å². The zero-order valence-electron chi connectivity index (χ0n) is 19.5. The molecule has 0 amide bonds. The number of benzene rings is 3. The third-order valence-electron chi connectivity index (χ3n) is 5.24. The Balaban J connectivity index is 1.56. The number of hydrogen-bond acceptors (Lipinski definition) is 6. The summed E-state index contributed by atoms with van der Waals surface area (Å²) in [5, 5.41) is 8.21. The van der Waals surface area contributed by atoms with Crippen molar-refractivity contribution in [1.82, 2.24) is 14.9 Å². The Bertz CT molecular complexity index is 1430. The van der Waals surface area contributed by atoms with Gasteiger partial charge in [0.2, 0.25) is 4.77 Å². The van der Waals surface area contributed by atoms with E-state index in [-0.39, 0.29) is 0 Å². The highest BCUT2D eigenvalue weighted by molar-refractivity contribution is 9.10. The lowest BCUT2D eigenvalue weighted by Gasteiger charge is -2.17. The van der Waals surface area contributed by atoms with Crippen molar-refractivity contribution in [3.05, 3.63) is 85.0 Å². The van der Waals surface area contributed by atoms with Crippen LogP contribution < -0.4 is 19.6 Å². The van der Waals surface area contributed by atoms with Gasteiger partial charge in [-0.3, -0.25) is 0 Å². The number of aromatic nitrogens is 3. The van der Waals surface area contributed by atoms with Gasteiger partial charge in [-0.15, -0.1) is 0 Å². The first-order chi connectivity index (χ1) is 17.4. The Labute approximate surface area is 232 Å². The summed E-state index contributed by atoms with van der Waals surface area (Å²) in [7, 11) is 1.62. The molecule has 7 nitrogen and oxygen atoms in total. The number of H-pyrrole nitrogens is 1. The minimum atomic E-state index is 0.313. The van der Waals surface area contributed by atoms with Gasteiger partial charge in [0.15, 0.2) is 17.3 Å². The third kappa shape index (κ3) is 5.98. The van der Waals surface area contributed by atoms with Crippen LogP contribution in [0.15, 0.2) is 59.1 Å². The van der Waals surface area contributed by atoms with E-state index in [1.54, 1.807) is 23.9 Å². The number of rotatable bonds is 10. The summed E-state index contributed by atoms with van der Waals surface area (Å²) in [5.74, 6) is 2.53. The lowest BCUT2D eigenvalue weighted by Crippen LogP contribution is -2.16. The molecule has 0 unspecified atom stereocenters. The van der Waals surface area contributed by atoms with Crippen molar-refractivity contribution >= 4 is 51.3 Å². The third-order valence-corrected chi connectivity index (χ3v) is 6.99. The number of ether oxygens (including phenoxy) is 3. The molecular formula is C25H23BrCl2N4O3S. The Morgan fingerprint density at radius 1 is 1.03 bits per heavy atom. The average Bonchev–Trinajstić information content (AvgIpc) is 3.25. The SMILES string of the molecule is CCOc1cc(CNn2c(-c3ccccc3OC)n[nH]c2=S)c(Br)cc1OCc1ccc(Cl)c(Cl)c1. The van der Waals surface area contributed by atoms with Crippen molar-refractivity contribution < 1.29 is 14.2 Å². The molecule has 3 aromatic carbocycles. The molecule has 1 heterocycles. The van der Waals surface area contributed by atoms with Gasteiger partial charge < -0.3 is 19.6 Å². The topological polar surface area (TPSA) is 73.3 Å². The highest BCUT2D eigenvalue weighted by Gasteiger charge is 2.16. The van der Waals surface area contributed by atoms with E-state index in [9.17, 15) is 0 Å². The number of methoxy groups -OCH3 is 1. The van der Waals surface area contributed by atoms with Gasteiger partial charge in [-0.1, -0.05) is 57.3 Å². The highest BCUT2D eigenvalue weighted by Crippen LogP contribution is 2.35. The molecule has 0 spiro atoms. The molecule has 0 bridgehead atoms. The summed E-state index contributed by atoms with van der Waals surface area (Å²) in [4.78, 5) is 0. The number of nitrogens with zero attached hydrogens (tertiary/aromatic N) is 2. The van der Waals surface area contributed by atoms with Crippen molar-refractivity contribution in [2.24, 2.45) is 0 Å². The molecule has 4 rings (SSSR count). The van der Waals surface area contributed by atoms with Crippen LogP contribution >= 0.6 is 51.3 Å². The van der Waals surface area contributed by atoms with Gasteiger partial charge in [0.05, 0.1) is 35.9 Å². The first-order valence-corrected chi connectivity index (χ1v) is 12.9. The lowest BCUT2D eigenvalue weighted by molar-refractivity contribution is 0.269. The second-order valence-corrected chi connectivity index (χ2v) is 9.64. The Morgan fingerprint density at radius 2 is 1.81 bits per heavy atom. The van der Waals surface area contributed by atoms with Crippen LogP contribution in [0.1, 0.15) is 18.1 Å². The summed E-state index contributed by atoms with van der Waals surface area (Å²) in [6, 6.07) is 16.8. The maximum atomic E-state index is 6.13. The number of hydrogen-bond donors (Lipinski definition) is 2. The Morgan fingerprint density at radius 3 is 2.56 bits per heavy atom. The Kier molecular flexibility index (Phi) is 8.79. The summed E-state index contributed by atoms with van der Waals surface area (Å²) in [5.41, 5.74) is 5.98. The van der Waals surface area contributed by atoms with Crippen LogP contribution in [-0.4, -0.2) is 28.6 Å². The lowest BCUT2D eigenvalue weighted by atomic mass is 10.2. The van der Waals surface area contributed by atoms with Crippen LogP contribution in [0.5, 0.6) is 17.2 Å². The maximum absolute atomic E-state index is 6.13. The molecule has 4 aromatic rings. The van der Waals surface area contributed by atoms with E-state index in [4.69, 9.17) is 49.6 Å². The minimum Gasteiger partial charge on any atom is -0.496 e. The zero-order valence-corrected chi connectivity index (χ0v) is 23.4. The number of para-hydroxylation sites is 1. The molecule has 11 heteroatoms. The van der Waals surface area contributed by atoms with E-state index in [1.165, 1.54) is 0 Å². The highest BCUT2D eigenvalue weighted by atomic mass is 79.9. The largest absolute Gasteiger partial charge is 0.496 e. The molecule has 36 heavy (non-hydrogen) atoms. The van der Waals surface area contributed by atoms with Crippen LogP contribution in [0, 0.1) is 4.77 Å². The molecule has 188 valence electrons. The summed E-state index contributed by atoms with van der Waals surface area (Å²) >= 11 is 21.3. The fourth-order valence-electron chi connectivity index (χ4n) is 3.50. The Hall–Kier alpha value is -2.72. The second-order valence-electron chi connectivity index (χ2n) is 7.58. The van der Waals surface area contributed by atoms with E-state index in [2.05, 4.69) is 31.6 Å². The predicted octanol–water partition coefficient (Wildman–Crippen LogP) is 7.41. The van der Waals surface area contributed by atoms with Gasteiger partial charge in [0.1, 0.15) is 12.4 Å². The second kappa shape index (κ2) is 12.0. The molecule has 0 radical (unpaired) electrons. The van der Waals surface area contributed by atoms with Gasteiger partial charge in [-0.05, 0) is 66.7 Å². The number of aromatic amines is 1. The predicted molar refractivity (Wildman–Crippen MR) is 149 cm³/mol. The van der Waals surface area contributed by atoms with Crippen molar-refractivity contribution in [3.8, 4) is 28.6 Å². The fraction of sp³-hybridized carbons (Fsp3) is 0.200. The first kappa shape index (κ1) is 26.3. The van der Waals surface area contributed by atoms with Gasteiger partial charge in [0, 0.05) is 4.47 Å².